The van der Waals surface area contributed by atoms with Gasteiger partial charge in [-0.1, -0.05) is 0 Å². The molecule has 0 heterocycles. The van der Waals surface area contributed by atoms with E-state index in [-0.39, 0.29) is 23.5 Å². The minimum absolute atomic E-state index is 0.0834. The van der Waals surface area contributed by atoms with Crippen LogP contribution in [0.15, 0.2) is 18.2 Å². The quantitative estimate of drug-likeness (QED) is 0.728. The van der Waals surface area contributed by atoms with E-state index in [0.29, 0.717) is 18.0 Å². The summed E-state index contributed by atoms with van der Waals surface area (Å²) in [6.45, 7) is 7.91. The van der Waals surface area contributed by atoms with E-state index in [2.05, 4.69) is 5.32 Å². The second-order valence-corrected chi connectivity index (χ2v) is 6.64. The van der Waals surface area contributed by atoms with Gasteiger partial charge in [0, 0.05) is 12.3 Å². The fourth-order valence-electron chi connectivity index (χ4n) is 2.79. The zero-order valence-electron chi connectivity index (χ0n) is 15.5. The van der Waals surface area contributed by atoms with Crippen LogP contribution in [0.4, 0.5) is 5.69 Å². The van der Waals surface area contributed by atoms with E-state index in [4.69, 9.17) is 14.2 Å². The lowest BCUT2D eigenvalue weighted by molar-refractivity contribution is -0.141. The van der Waals surface area contributed by atoms with Crippen LogP contribution in [0.5, 0.6) is 5.75 Å². The first-order valence-electron chi connectivity index (χ1n) is 8.66. The predicted molar refractivity (Wildman–Crippen MR) is 94.9 cm³/mol. The van der Waals surface area contributed by atoms with Crippen LogP contribution in [0.3, 0.4) is 0 Å². The summed E-state index contributed by atoms with van der Waals surface area (Å²) in [5, 5.41) is 2.86. The van der Waals surface area contributed by atoms with E-state index < -0.39 is 11.6 Å². The highest BCUT2D eigenvalue weighted by Crippen LogP contribution is 2.42. The van der Waals surface area contributed by atoms with Crippen LogP contribution in [-0.2, 0) is 14.3 Å². The summed E-state index contributed by atoms with van der Waals surface area (Å²) in [5.74, 6) is -0.0580. The average Bonchev–Trinajstić information content (AvgIpc) is 3.40. The summed E-state index contributed by atoms with van der Waals surface area (Å²) >= 11 is 0. The molecule has 0 spiro atoms. The molecule has 6 heteroatoms. The number of nitrogens with one attached hydrogen (secondary N) is 1. The van der Waals surface area contributed by atoms with Gasteiger partial charge in [0.2, 0.25) is 0 Å². The van der Waals surface area contributed by atoms with Gasteiger partial charge in [0.15, 0.2) is 0 Å². The number of methoxy groups -OCH3 is 1. The zero-order valence-corrected chi connectivity index (χ0v) is 15.5. The predicted octanol–water partition coefficient (Wildman–Crippen LogP) is 3.40. The molecule has 1 saturated carbocycles. The zero-order chi connectivity index (χ0) is 18.6. The minimum Gasteiger partial charge on any atom is -0.490 e. The van der Waals surface area contributed by atoms with Gasteiger partial charge in [-0.15, -0.1) is 0 Å². The van der Waals surface area contributed by atoms with Crippen molar-refractivity contribution in [3.63, 3.8) is 0 Å². The topological polar surface area (TPSA) is 73.9 Å². The molecule has 1 unspecified atom stereocenters. The van der Waals surface area contributed by atoms with Crippen molar-refractivity contribution >= 4 is 17.6 Å². The Morgan fingerprint density at radius 2 is 2.00 bits per heavy atom. The maximum atomic E-state index is 12.7. The van der Waals surface area contributed by atoms with E-state index in [1.54, 1.807) is 18.2 Å². The van der Waals surface area contributed by atoms with Crippen LogP contribution in [0.25, 0.3) is 0 Å². The first kappa shape index (κ1) is 19.2. The maximum Gasteiger partial charge on any atom is 0.341 e. The number of ether oxygens (including phenoxy) is 3. The van der Waals surface area contributed by atoms with Crippen LogP contribution in [0, 0.1) is 5.92 Å². The molecule has 1 aromatic carbocycles. The van der Waals surface area contributed by atoms with Crippen LogP contribution in [0.1, 0.15) is 50.9 Å². The highest BCUT2D eigenvalue weighted by Gasteiger charge is 2.48. The molecule has 1 aliphatic rings. The van der Waals surface area contributed by atoms with Gasteiger partial charge >= 0.3 is 5.97 Å². The Morgan fingerprint density at radius 1 is 1.32 bits per heavy atom. The fourth-order valence-corrected chi connectivity index (χ4v) is 2.79. The Bertz CT molecular complexity index is 639. The van der Waals surface area contributed by atoms with Crippen molar-refractivity contribution in [3.8, 4) is 5.75 Å². The lowest BCUT2D eigenvalue weighted by Crippen LogP contribution is -2.44. The van der Waals surface area contributed by atoms with Crippen LogP contribution in [0.2, 0.25) is 0 Å². The molecule has 0 aliphatic heterocycles. The van der Waals surface area contributed by atoms with Gasteiger partial charge in [-0.3, -0.25) is 4.79 Å². The number of carbonyl (C=O) groups is 2. The molecule has 138 valence electrons. The summed E-state index contributed by atoms with van der Waals surface area (Å²) in [5.41, 5.74) is -0.0700. The standard InChI is InChI=1S/C19H27NO5/c1-6-24-19(4,13-7-8-13)18(22)20-14-9-10-16(25-12(2)3)15(11-14)17(21)23-5/h9-13H,6-8H2,1-5H3,(H,20,22). The average molecular weight is 349 g/mol. The monoisotopic (exact) mass is 349 g/mol. The van der Waals surface area contributed by atoms with Gasteiger partial charge in [-0.05, 0) is 64.7 Å². The number of esters is 1. The smallest absolute Gasteiger partial charge is 0.341 e. The second-order valence-electron chi connectivity index (χ2n) is 6.64. The number of hydrogen-bond acceptors (Lipinski definition) is 5. The SMILES string of the molecule is CCOC(C)(C(=O)Nc1ccc(OC(C)C)c(C(=O)OC)c1)C1CC1. The van der Waals surface area contributed by atoms with Crippen molar-refractivity contribution in [2.75, 3.05) is 19.0 Å². The number of hydrogen-bond donors (Lipinski definition) is 1. The van der Waals surface area contributed by atoms with Gasteiger partial charge in [-0.2, -0.15) is 0 Å². The van der Waals surface area contributed by atoms with Crippen molar-refractivity contribution in [3.05, 3.63) is 23.8 Å². The number of benzene rings is 1. The lowest BCUT2D eigenvalue weighted by Gasteiger charge is -2.28. The summed E-state index contributed by atoms with van der Waals surface area (Å²) in [4.78, 5) is 24.8. The summed E-state index contributed by atoms with van der Waals surface area (Å²) < 4.78 is 16.2. The summed E-state index contributed by atoms with van der Waals surface area (Å²) in [6.07, 6.45) is 1.89. The van der Waals surface area contributed by atoms with Crippen molar-refractivity contribution in [1.29, 1.82) is 0 Å². The Balaban J connectivity index is 2.24. The molecule has 1 amide bonds. The molecule has 25 heavy (non-hydrogen) atoms. The van der Waals surface area contributed by atoms with E-state index in [0.717, 1.165) is 12.8 Å². The minimum atomic E-state index is -0.854. The van der Waals surface area contributed by atoms with Gasteiger partial charge < -0.3 is 19.5 Å². The van der Waals surface area contributed by atoms with E-state index >= 15 is 0 Å². The van der Waals surface area contributed by atoms with Crippen molar-refractivity contribution in [1.82, 2.24) is 0 Å². The fraction of sp³-hybridized carbons (Fsp3) is 0.579. The maximum absolute atomic E-state index is 12.7. The van der Waals surface area contributed by atoms with E-state index in [1.165, 1.54) is 7.11 Å². The summed E-state index contributed by atoms with van der Waals surface area (Å²) in [7, 11) is 1.31. The Kier molecular flexibility index (Phi) is 6.06. The third kappa shape index (κ3) is 4.51. The molecule has 1 N–H and O–H groups in total. The molecule has 6 nitrogen and oxygen atoms in total. The van der Waals surface area contributed by atoms with Crippen molar-refractivity contribution in [2.45, 2.75) is 52.2 Å². The molecule has 0 aromatic heterocycles. The van der Waals surface area contributed by atoms with Gasteiger partial charge in [0.25, 0.3) is 5.91 Å². The third-order valence-corrected chi connectivity index (χ3v) is 4.26. The van der Waals surface area contributed by atoms with Crippen molar-refractivity contribution < 1.29 is 23.8 Å². The Morgan fingerprint density at radius 3 is 2.52 bits per heavy atom. The van der Waals surface area contributed by atoms with E-state index in [9.17, 15) is 9.59 Å². The highest BCUT2D eigenvalue weighted by molar-refractivity contribution is 5.99. The number of anilines is 1. The molecule has 1 fully saturated rings. The molecule has 1 aromatic rings. The first-order chi connectivity index (χ1) is 11.8. The Labute approximate surface area is 148 Å². The molecular weight excluding hydrogens is 322 g/mol. The highest BCUT2D eigenvalue weighted by atomic mass is 16.5. The van der Waals surface area contributed by atoms with E-state index in [1.807, 2.05) is 27.7 Å². The first-order valence-corrected chi connectivity index (χ1v) is 8.66. The largest absolute Gasteiger partial charge is 0.490 e. The molecule has 0 radical (unpaired) electrons. The second kappa shape index (κ2) is 7.87. The number of rotatable bonds is 8. The number of amides is 1. The Hall–Kier alpha value is -2.08. The normalized spacial score (nSPS) is 16.2. The molecular formula is C19H27NO5. The van der Waals surface area contributed by atoms with Crippen LogP contribution < -0.4 is 10.1 Å². The van der Waals surface area contributed by atoms with Gasteiger partial charge in [0.05, 0.1) is 13.2 Å². The van der Waals surface area contributed by atoms with Crippen LogP contribution >= 0.6 is 0 Å². The lowest BCUT2D eigenvalue weighted by atomic mass is 9.98. The molecule has 2 rings (SSSR count). The summed E-state index contributed by atoms with van der Waals surface area (Å²) in [6, 6.07) is 4.94. The molecule has 1 atom stereocenters. The van der Waals surface area contributed by atoms with Crippen LogP contribution in [-0.4, -0.2) is 37.3 Å². The van der Waals surface area contributed by atoms with Crippen molar-refractivity contribution in [2.24, 2.45) is 5.92 Å². The third-order valence-electron chi connectivity index (χ3n) is 4.26. The molecule has 0 saturated heterocycles. The van der Waals surface area contributed by atoms with Gasteiger partial charge in [-0.25, -0.2) is 4.79 Å². The van der Waals surface area contributed by atoms with Gasteiger partial charge in [0.1, 0.15) is 16.9 Å². The number of carbonyl (C=O) groups excluding carboxylic acids is 2. The molecule has 1 aliphatic carbocycles. The molecule has 0 bridgehead atoms.